The van der Waals surface area contributed by atoms with Crippen LogP contribution >= 0.6 is 11.6 Å². The molecule has 6 nitrogen and oxygen atoms in total. The highest BCUT2D eigenvalue weighted by molar-refractivity contribution is 6.31. The highest BCUT2D eigenvalue weighted by atomic mass is 35.5. The van der Waals surface area contributed by atoms with Crippen molar-refractivity contribution >= 4 is 34.4 Å². The van der Waals surface area contributed by atoms with Crippen LogP contribution in [-0.2, 0) is 19.4 Å². The molecule has 0 amide bonds. The van der Waals surface area contributed by atoms with Crippen LogP contribution in [0.2, 0.25) is 5.02 Å². The number of nitrogens with zero attached hydrogens (tertiary/aromatic N) is 4. The van der Waals surface area contributed by atoms with Crippen LogP contribution in [-0.4, -0.2) is 33.3 Å². The summed E-state index contributed by atoms with van der Waals surface area (Å²) in [4.78, 5) is 11.8. The van der Waals surface area contributed by atoms with Crippen molar-refractivity contribution in [3.05, 3.63) is 76.4 Å². The summed E-state index contributed by atoms with van der Waals surface area (Å²) >= 11 is 6.26. The van der Waals surface area contributed by atoms with Crippen molar-refractivity contribution in [2.45, 2.75) is 19.4 Å². The summed E-state index contributed by atoms with van der Waals surface area (Å²) in [5.74, 6) is 1.55. The third-order valence-electron chi connectivity index (χ3n) is 5.24. The number of rotatable bonds is 6. The van der Waals surface area contributed by atoms with Crippen LogP contribution in [0.4, 0.5) is 11.8 Å². The molecule has 3 heterocycles. The predicted molar refractivity (Wildman–Crippen MR) is 117 cm³/mol. The van der Waals surface area contributed by atoms with E-state index in [1.54, 1.807) is 0 Å². The average molecular weight is 405 g/mol. The van der Waals surface area contributed by atoms with E-state index < -0.39 is 0 Å². The van der Waals surface area contributed by atoms with Gasteiger partial charge in [-0.05, 0) is 23.6 Å². The lowest BCUT2D eigenvalue weighted by molar-refractivity contribution is 0.747. The average Bonchev–Trinajstić information content (AvgIpc) is 3.16. The molecule has 0 aliphatic carbocycles. The van der Waals surface area contributed by atoms with Gasteiger partial charge in [0.1, 0.15) is 5.82 Å². The molecule has 0 saturated carbocycles. The molecule has 2 aromatic carbocycles. The van der Waals surface area contributed by atoms with Crippen LogP contribution in [0, 0.1) is 0 Å². The largest absolute Gasteiger partial charge is 0.354 e. The molecule has 0 bridgehead atoms. The van der Waals surface area contributed by atoms with Crippen LogP contribution in [0.1, 0.15) is 16.8 Å². The molecule has 0 radical (unpaired) electrons. The van der Waals surface area contributed by atoms with E-state index in [1.807, 2.05) is 30.3 Å². The number of halogens is 1. The number of aromatic amines is 1. The molecule has 0 unspecified atom stereocenters. The molecule has 146 valence electrons. The van der Waals surface area contributed by atoms with E-state index in [9.17, 15) is 0 Å². The van der Waals surface area contributed by atoms with Gasteiger partial charge in [0.15, 0.2) is 5.65 Å². The van der Waals surface area contributed by atoms with Gasteiger partial charge in [0.2, 0.25) is 5.95 Å². The van der Waals surface area contributed by atoms with Gasteiger partial charge in [0.05, 0.1) is 11.1 Å². The summed E-state index contributed by atoms with van der Waals surface area (Å²) < 4.78 is 0. The lowest BCUT2D eigenvalue weighted by Crippen LogP contribution is -2.29. The van der Waals surface area contributed by atoms with Gasteiger partial charge >= 0.3 is 0 Å². The van der Waals surface area contributed by atoms with Crippen LogP contribution in [0.25, 0.3) is 11.0 Å². The molecule has 7 heteroatoms. The maximum atomic E-state index is 6.26. The number of benzene rings is 2. The predicted octanol–water partition coefficient (Wildman–Crippen LogP) is 4.22. The first-order chi connectivity index (χ1) is 14.3. The normalized spacial score (nSPS) is 13.1. The van der Waals surface area contributed by atoms with E-state index >= 15 is 0 Å². The topological polar surface area (TPSA) is 69.7 Å². The lowest BCUT2D eigenvalue weighted by Gasteiger charge is -2.28. The zero-order valence-corrected chi connectivity index (χ0v) is 16.7. The van der Waals surface area contributed by atoms with Crippen LogP contribution in [0.15, 0.2) is 54.6 Å². The smallest absolute Gasteiger partial charge is 0.226 e. The third kappa shape index (κ3) is 3.63. The number of nitrogens with one attached hydrogen (secondary N) is 2. The minimum atomic E-state index is 0.606. The van der Waals surface area contributed by atoms with Gasteiger partial charge < -0.3 is 10.2 Å². The first kappa shape index (κ1) is 17.9. The minimum absolute atomic E-state index is 0.606. The molecular weight excluding hydrogens is 384 g/mol. The zero-order valence-electron chi connectivity index (χ0n) is 15.9. The number of aromatic nitrogens is 4. The van der Waals surface area contributed by atoms with E-state index in [-0.39, 0.29) is 0 Å². The maximum absolute atomic E-state index is 6.26. The Bertz CT molecular complexity index is 1140. The van der Waals surface area contributed by atoms with E-state index in [0.717, 1.165) is 59.1 Å². The summed E-state index contributed by atoms with van der Waals surface area (Å²) in [5.41, 5.74) is 4.20. The fourth-order valence-corrected chi connectivity index (χ4v) is 4.01. The van der Waals surface area contributed by atoms with Crippen LogP contribution in [0.3, 0.4) is 0 Å². The van der Waals surface area contributed by atoms with E-state index in [1.165, 1.54) is 5.56 Å². The van der Waals surface area contributed by atoms with Crippen molar-refractivity contribution in [3.63, 3.8) is 0 Å². The van der Waals surface area contributed by atoms with Gasteiger partial charge in [-0.15, -0.1) is 0 Å². The number of hydrogen-bond donors (Lipinski definition) is 2. The quantitative estimate of drug-likeness (QED) is 0.503. The summed E-state index contributed by atoms with van der Waals surface area (Å²) in [6.07, 6.45) is 1.70. The second kappa shape index (κ2) is 7.72. The number of hydrogen-bond acceptors (Lipinski definition) is 5. The molecule has 1 aliphatic rings. The van der Waals surface area contributed by atoms with Crippen molar-refractivity contribution in [1.29, 1.82) is 0 Å². The monoisotopic (exact) mass is 404 g/mol. The highest BCUT2D eigenvalue weighted by Crippen LogP contribution is 2.32. The molecule has 1 aliphatic heterocycles. The van der Waals surface area contributed by atoms with E-state index in [2.05, 4.69) is 49.7 Å². The fourth-order valence-electron chi connectivity index (χ4n) is 3.78. The Labute approximate surface area is 173 Å². The van der Waals surface area contributed by atoms with Crippen molar-refractivity contribution in [2.24, 2.45) is 0 Å². The molecule has 0 saturated heterocycles. The summed E-state index contributed by atoms with van der Waals surface area (Å²) in [7, 11) is 0. The van der Waals surface area contributed by atoms with Crippen molar-refractivity contribution in [1.82, 2.24) is 20.2 Å². The van der Waals surface area contributed by atoms with E-state index in [0.29, 0.717) is 12.5 Å². The molecule has 2 N–H and O–H groups in total. The molecule has 4 aromatic rings. The minimum Gasteiger partial charge on any atom is -0.354 e. The Morgan fingerprint density at radius 3 is 2.72 bits per heavy atom. The maximum Gasteiger partial charge on any atom is 0.226 e. The van der Waals surface area contributed by atoms with Gasteiger partial charge in [-0.25, -0.2) is 0 Å². The number of H-pyrrole nitrogens is 1. The molecular formula is C22H21ClN6. The SMILES string of the molecule is Clc1ccccc1CCNc1nc2c3c(n[nH]c3n1)CCN2Cc1ccccc1. The fraction of sp³-hybridized carbons (Fsp3) is 0.227. The second-order valence-electron chi connectivity index (χ2n) is 7.19. The van der Waals surface area contributed by atoms with E-state index in [4.69, 9.17) is 16.6 Å². The molecule has 0 spiro atoms. The Hall–Kier alpha value is -3.12. The Morgan fingerprint density at radius 2 is 1.86 bits per heavy atom. The Kier molecular flexibility index (Phi) is 4.77. The molecule has 5 rings (SSSR count). The van der Waals surface area contributed by atoms with Gasteiger partial charge in [0, 0.05) is 31.1 Å². The molecule has 0 fully saturated rings. The summed E-state index contributed by atoms with van der Waals surface area (Å²) in [6, 6.07) is 18.4. The third-order valence-corrected chi connectivity index (χ3v) is 5.61. The molecule has 2 aromatic heterocycles. The van der Waals surface area contributed by atoms with Gasteiger partial charge in [0.25, 0.3) is 0 Å². The van der Waals surface area contributed by atoms with Crippen molar-refractivity contribution in [2.75, 3.05) is 23.3 Å². The Morgan fingerprint density at radius 1 is 1.03 bits per heavy atom. The lowest BCUT2D eigenvalue weighted by atomic mass is 10.1. The van der Waals surface area contributed by atoms with Crippen LogP contribution < -0.4 is 10.2 Å². The summed E-state index contributed by atoms with van der Waals surface area (Å²) in [6.45, 7) is 2.41. The molecule has 29 heavy (non-hydrogen) atoms. The summed E-state index contributed by atoms with van der Waals surface area (Å²) in [5, 5.41) is 12.7. The van der Waals surface area contributed by atoms with Gasteiger partial charge in [-0.3, -0.25) is 5.10 Å². The van der Waals surface area contributed by atoms with Crippen LogP contribution in [0.5, 0.6) is 0 Å². The standard InChI is InChI=1S/C22H21ClN6/c23-17-9-5-4-8-16(17)10-12-24-22-25-20-19-18(27-28-20)11-13-29(21(19)26-22)14-15-6-2-1-3-7-15/h1-9H,10-14H2,(H2,24,25,26,27,28). The first-order valence-electron chi connectivity index (χ1n) is 9.79. The highest BCUT2D eigenvalue weighted by Gasteiger charge is 2.24. The molecule has 0 atom stereocenters. The second-order valence-corrected chi connectivity index (χ2v) is 7.60. The first-order valence-corrected chi connectivity index (χ1v) is 10.2. The van der Waals surface area contributed by atoms with Gasteiger partial charge in [-0.2, -0.15) is 15.1 Å². The van der Waals surface area contributed by atoms with Crippen molar-refractivity contribution in [3.8, 4) is 0 Å². The Balaban J connectivity index is 1.39. The number of anilines is 2. The zero-order chi connectivity index (χ0) is 19.6. The van der Waals surface area contributed by atoms with Gasteiger partial charge in [-0.1, -0.05) is 60.1 Å². The van der Waals surface area contributed by atoms with Crippen molar-refractivity contribution < 1.29 is 0 Å².